The summed E-state index contributed by atoms with van der Waals surface area (Å²) >= 11 is 0. The van der Waals surface area contributed by atoms with Crippen molar-refractivity contribution in [2.45, 2.75) is 12.8 Å². The van der Waals surface area contributed by atoms with Crippen molar-refractivity contribution in [3.63, 3.8) is 0 Å². The van der Waals surface area contributed by atoms with Crippen molar-refractivity contribution in [1.82, 2.24) is 0 Å². The Kier molecular flexibility index (Phi) is 4.81. The number of aryl methyl sites for hydroxylation is 1. The molecule has 1 aromatic rings. The molecular weight excluding hydrogens is 183 g/mol. The van der Waals surface area contributed by atoms with Crippen molar-refractivity contribution in [2.75, 3.05) is 13.3 Å². The Labute approximate surface area is 79.8 Å². The van der Waals surface area contributed by atoms with Crippen LogP contribution in [0.2, 0.25) is 0 Å². The summed E-state index contributed by atoms with van der Waals surface area (Å²) in [5, 5.41) is 0. The molecule has 0 fully saturated rings. The van der Waals surface area contributed by atoms with E-state index < -0.39 is 8.03 Å². The lowest BCUT2D eigenvalue weighted by atomic mass is 10.1. The molecule has 0 radical (unpaired) electrons. The van der Waals surface area contributed by atoms with Crippen molar-refractivity contribution < 1.29 is 9.09 Å². The number of rotatable bonds is 5. The highest BCUT2D eigenvalue weighted by Crippen LogP contribution is 2.21. The van der Waals surface area contributed by atoms with E-state index in [2.05, 4.69) is 12.1 Å². The first-order valence-electron chi connectivity index (χ1n) is 4.43. The molecule has 0 aromatic heterocycles. The third-order valence-electron chi connectivity index (χ3n) is 1.92. The van der Waals surface area contributed by atoms with Crippen molar-refractivity contribution in [3.05, 3.63) is 35.9 Å². The lowest BCUT2D eigenvalue weighted by Crippen LogP contribution is -1.87. The first-order valence-corrected chi connectivity index (χ1v) is 5.96. The smallest absolute Gasteiger partial charge is 0.191 e. The van der Waals surface area contributed by atoms with Crippen molar-refractivity contribution in [2.24, 2.45) is 0 Å². The Hall–Kier alpha value is -0.590. The Morgan fingerprint density at radius 2 is 2.00 bits per heavy atom. The fraction of sp³-hybridized carbons (Fsp3) is 0.400. The van der Waals surface area contributed by atoms with Crippen LogP contribution in [0.1, 0.15) is 12.0 Å². The predicted molar refractivity (Wildman–Crippen MR) is 55.6 cm³/mol. The van der Waals surface area contributed by atoms with Gasteiger partial charge in [0.15, 0.2) is 8.03 Å². The Balaban J connectivity index is 2.24. The van der Waals surface area contributed by atoms with Gasteiger partial charge in [0.2, 0.25) is 0 Å². The van der Waals surface area contributed by atoms with E-state index in [0.717, 1.165) is 12.8 Å². The normalized spacial score (nSPS) is 12.7. The van der Waals surface area contributed by atoms with E-state index in [1.807, 2.05) is 18.2 Å². The maximum Gasteiger partial charge on any atom is 0.191 e. The molecule has 1 unspecified atom stereocenters. The van der Waals surface area contributed by atoms with Gasteiger partial charge in [-0.25, -0.2) is 0 Å². The molecule has 3 heteroatoms. The highest BCUT2D eigenvalue weighted by atomic mass is 31.1. The molecule has 13 heavy (non-hydrogen) atoms. The van der Waals surface area contributed by atoms with Crippen LogP contribution in [0.25, 0.3) is 0 Å². The summed E-state index contributed by atoms with van der Waals surface area (Å²) in [4.78, 5) is 0. The van der Waals surface area contributed by atoms with Crippen LogP contribution in [0.3, 0.4) is 0 Å². The van der Waals surface area contributed by atoms with Crippen LogP contribution in [0, 0.1) is 0 Å². The van der Waals surface area contributed by atoms with Gasteiger partial charge in [0, 0.05) is 13.3 Å². The summed E-state index contributed by atoms with van der Waals surface area (Å²) in [6.45, 7) is 0. The van der Waals surface area contributed by atoms with Gasteiger partial charge < -0.3 is 4.52 Å². The first kappa shape index (κ1) is 10.5. The molecule has 0 saturated carbocycles. The van der Waals surface area contributed by atoms with Crippen molar-refractivity contribution >= 4 is 8.03 Å². The van der Waals surface area contributed by atoms with Gasteiger partial charge in [-0.05, 0) is 18.4 Å². The highest BCUT2D eigenvalue weighted by molar-refractivity contribution is 7.39. The molecule has 1 aromatic carbocycles. The standard InChI is InChI=1S/C10H15O2P/c1-12-13(11)9-5-8-10-6-3-2-4-7-10/h2-4,6-7,13H,5,8-9H2,1H3. The molecule has 0 aliphatic carbocycles. The van der Waals surface area contributed by atoms with Gasteiger partial charge in [-0.1, -0.05) is 30.3 Å². The average Bonchev–Trinajstić information content (AvgIpc) is 2.19. The minimum Gasteiger partial charge on any atom is -0.334 e. The Morgan fingerprint density at radius 1 is 1.31 bits per heavy atom. The van der Waals surface area contributed by atoms with E-state index in [-0.39, 0.29) is 0 Å². The Morgan fingerprint density at radius 3 is 2.62 bits per heavy atom. The zero-order chi connectivity index (χ0) is 9.52. The number of benzene rings is 1. The van der Waals surface area contributed by atoms with Gasteiger partial charge in [-0.15, -0.1) is 0 Å². The van der Waals surface area contributed by atoms with Gasteiger partial charge >= 0.3 is 0 Å². The number of hydrogen-bond acceptors (Lipinski definition) is 2. The second-order valence-corrected chi connectivity index (χ2v) is 4.57. The predicted octanol–water partition coefficient (Wildman–Crippen LogP) is 2.74. The van der Waals surface area contributed by atoms with Gasteiger partial charge in [-0.2, -0.15) is 0 Å². The molecule has 0 heterocycles. The summed E-state index contributed by atoms with van der Waals surface area (Å²) in [7, 11) is -0.245. The van der Waals surface area contributed by atoms with Crippen LogP contribution in [0.4, 0.5) is 0 Å². The zero-order valence-corrected chi connectivity index (χ0v) is 8.82. The monoisotopic (exact) mass is 198 g/mol. The largest absolute Gasteiger partial charge is 0.334 e. The summed E-state index contributed by atoms with van der Waals surface area (Å²) in [6.07, 6.45) is 2.62. The van der Waals surface area contributed by atoms with E-state index in [1.54, 1.807) is 0 Å². The maximum absolute atomic E-state index is 11.0. The van der Waals surface area contributed by atoms with E-state index in [1.165, 1.54) is 12.7 Å². The van der Waals surface area contributed by atoms with Gasteiger partial charge in [0.25, 0.3) is 0 Å². The molecule has 1 atom stereocenters. The second kappa shape index (κ2) is 5.95. The SMILES string of the molecule is CO[PH](=O)CCCc1ccccc1. The molecule has 0 spiro atoms. The van der Waals surface area contributed by atoms with Crippen molar-refractivity contribution in [3.8, 4) is 0 Å². The molecule has 1 rings (SSSR count). The molecule has 72 valence electrons. The van der Waals surface area contributed by atoms with Crippen molar-refractivity contribution in [1.29, 1.82) is 0 Å². The molecule has 0 aliphatic heterocycles. The molecule has 0 aliphatic rings. The third-order valence-corrected chi connectivity index (χ3v) is 3.13. The van der Waals surface area contributed by atoms with Crippen LogP contribution in [0.15, 0.2) is 30.3 Å². The molecule has 0 amide bonds. The van der Waals surface area contributed by atoms with Crippen LogP contribution in [-0.2, 0) is 15.5 Å². The van der Waals surface area contributed by atoms with Gasteiger partial charge in [-0.3, -0.25) is 4.57 Å². The topological polar surface area (TPSA) is 26.3 Å². The number of hydrogen-bond donors (Lipinski definition) is 0. The summed E-state index contributed by atoms with van der Waals surface area (Å²) < 4.78 is 15.7. The molecule has 0 bridgehead atoms. The van der Waals surface area contributed by atoms with Crippen LogP contribution in [-0.4, -0.2) is 13.3 Å². The van der Waals surface area contributed by atoms with Crippen LogP contribution >= 0.6 is 8.03 Å². The molecule has 0 N–H and O–H groups in total. The van der Waals surface area contributed by atoms with E-state index >= 15 is 0 Å². The molecule has 2 nitrogen and oxygen atoms in total. The summed E-state index contributed by atoms with van der Waals surface area (Å²) in [5.41, 5.74) is 1.30. The lowest BCUT2D eigenvalue weighted by Gasteiger charge is -2.00. The lowest BCUT2D eigenvalue weighted by molar-refractivity contribution is 0.413. The zero-order valence-electron chi connectivity index (χ0n) is 7.82. The summed E-state index contributed by atoms with van der Waals surface area (Å²) in [5.74, 6) is 0. The van der Waals surface area contributed by atoms with Gasteiger partial charge in [0.1, 0.15) is 0 Å². The van der Waals surface area contributed by atoms with Crippen LogP contribution < -0.4 is 0 Å². The molecule has 0 saturated heterocycles. The minimum absolute atomic E-state index is 0.691. The highest BCUT2D eigenvalue weighted by Gasteiger charge is 1.97. The quantitative estimate of drug-likeness (QED) is 0.680. The second-order valence-electron chi connectivity index (χ2n) is 2.92. The fourth-order valence-electron chi connectivity index (χ4n) is 1.18. The maximum atomic E-state index is 11.0. The Bertz CT molecular complexity index is 259. The average molecular weight is 198 g/mol. The first-order chi connectivity index (χ1) is 6.33. The summed E-state index contributed by atoms with van der Waals surface area (Å²) in [6, 6.07) is 10.2. The molecular formula is C10H15O2P. The van der Waals surface area contributed by atoms with Gasteiger partial charge in [0.05, 0.1) is 0 Å². The van der Waals surface area contributed by atoms with E-state index in [9.17, 15) is 4.57 Å². The minimum atomic E-state index is -1.75. The van der Waals surface area contributed by atoms with E-state index in [0.29, 0.717) is 6.16 Å². The van der Waals surface area contributed by atoms with Crippen LogP contribution in [0.5, 0.6) is 0 Å². The third kappa shape index (κ3) is 4.25. The van der Waals surface area contributed by atoms with E-state index in [4.69, 9.17) is 4.52 Å². The fourth-order valence-corrected chi connectivity index (χ4v) is 1.85.